The molecule has 2 nitrogen and oxygen atoms in total. The van der Waals surface area contributed by atoms with Gasteiger partial charge in [0.25, 0.3) is 0 Å². The summed E-state index contributed by atoms with van der Waals surface area (Å²) in [6.45, 7) is 2.77. The zero-order valence-electron chi connectivity index (χ0n) is 11.8. The van der Waals surface area contributed by atoms with E-state index < -0.39 is 0 Å². The summed E-state index contributed by atoms with van der Waals surface area (Å²) >= 11 is 6.19. The van der Waals surface area contributed by atoms with Crippen LogP contribution in [-0.4, -0.2) is 12.6 Å². The molecule has 0 spiro atoms. The van der Waals surface area contributed by atoms with Crippen LogP contribution in [0.2, 0.25) is 5.02 Å². The lowest BCUT2D eigenvalue weighted by Crippen LogP contribution is -2.32. The van der Waals surface area contributed by atoms with E-state index in [9.17, 15) is 4.39 Å². The topological polar surface area (TPSA) is 21.3 Å². The summed E-state index contributed by atoms with van der Waals surface area (Å²) < 4.78 is 19.0. The van der Waals surface area contributed by atoms with Crippen LogP contribution in [0.15, 0.2) is 42.5 Å². The van der Waals surface area contributed by atoms with Crippen molar-refractivity contribution in [3.05, 3.63) is 64.4 Å². The highest BCUT2D eigenvalue weighted by atomic mass is 35.5. The van der Waals surface area contributed by atoms with Crippen molar-refractivity contribution in [1.82, 2.24) is 5.32 Å². The summed E-state index contributed by atoms with van der Waals surface area (Å²) in [6, 6.07) is 12.6. The summed E-state index contributed by atoms with van der Waals surface area (Å²) in [6.07, 6.45) is 0.765. The highest BCUT2D eigenvalue weighted by Crippen LogP contribution is 2.29. The third kappa shape index (κ3) is 3.20. The van der Waals surface area contributed by atoms with Crippen LogP contribution in [0.4, 0.5) is 4.39 Å². The first-order valence-corrected chi connectivity index (χ1v) is 7.44. The average molecular weight is 306 g/mol. The standard InChI is InChI=1S/C17H17ClFNO/c1-11(15-4-2-3-5-16(15)18)20-10-14-9-12-8-13(19)6-7-17(12)21-14/h2-8,11,14,20H,9-10H2,1H3. The fraction of sp³-hybridized carbons (Fsp3) is 0.294. The molecule has 110 valence electrons. The zero-order chi connectivity index (χ0) is 14.8. The first-order valence-electron chi connectivity index (χ1n) is 7.06. The minimum Gasteiger partial charge on any atom is -0.488 e. The van der Waals surface area contributed by atoms with Crippen LogP contribution in [0.5, 0.6) is 5.75 Å². The van der Waals surface area contributed by atoms with Crippen molar-refractivity contribution < 1.29 is 9.13 Å². The molecule has 2 aromatic carbocycles. The second kappa shape index (κ2) is 6.04. The molecule has 1 aliphatic heterocycles. The molecule has 0 fully saturated rings. The van der Waals surface area contributed by atoms with Crippen molar-refractivity contribution in [2.75, 3.05) is 6.54 Å². The van der Waals surface area contributed by atoms with E-state index in [2.05, 4.69) is 12.2 Å². The van der Waals surface area contributed by atoms with Crippen molar-refractivity contribution in [3.8, 4) is 5.75 Å². The lowest BCUT2D eigenvalue weighted by atomic mass is 10.1. The van der Waals surface area contributed by atoms with Gasteiger partial charge in [-0.05, 0) is 36.8 Å². The molecule has 0 bridgehead atoms. The lowest BCUT2D eigenvalue weighted by molar-refractivity contribution is 0.222. The Labute approximate surface area is 128 Å². The van der Waals surface area contributed by atoms with Gasteiger partial charge in [-0.25, -0.2) is 4.39 Å². The second-order valence-corrected chi connectivity index (χ2v) is 5.75. The lowest BCUT2D eigenvalue weighted by Gasteiger charge is -2.18. The summed E-state index contributed by atoms with van der Waals surface area (Å²) in [5.41, 5.74) is 2.01. The van der Waals surface area contributed by atoms with Gasteiger partial charge in [0.2, 0.25) is 0 Å². The Morgan fingerprint density at radius 3 is 2.95 bits per heavy atom. The number of rotatable bonds is 4. The molecule has 1 N–H and O–H groups in total. The molecule has 0 saturated heterocycles. The molecule has 1 heterocycles. The molecule has 2 aromatic rings. The maximum Gasteiger partial charge on any atom is 0.123 e. The summed E-state index contributed by atoms with van der Waals surface area (Å²) in [5, 5.41) is 4.19. The molecule has 0 radical (unpaired) electrons. The van der Waals surface area contributed by atoms with Gasteiger partial charge in [-0.2, -0.15) is 0 Å². The quantitative estimate of drug-likeness (QED) is 0.917. The van der Waals surface area contributed by atoms with E-state index in [-0.39, 0.29) is 18.0 Å². The third-order valence-electron chi connectivity index (χ3n) is 3.79. The molecule has 2 unspecified atom stereocenters. The van der Waals surface area contributed by atoms with Gasteiger partial charge in [0, 0.05) is 29.6 Å². The average Bonchev–Trinajstić information content (AvgIpc) is 2.87. The zero-order valence-corrected chi connectivity index (χ0v) is 12.5. The van der Waals surface area contributed by atoms with E-state index in [1.54, 1.807) is 12.1 Å². The fourth-order valence-electron chi connectivity index (χ4n) is 2.65. The predicted octanol–water partition coefficient (Wildman–Crippen LogP) is 4.13. The molecular weight excluding hydrogens is 289 g/mol. The Bertz CT molecular complexity index is 646. The molecule has 2 atom stereocenters. The third-order valence-corrected chi connectivity index (χ3v) is 4.13. The van der Waals surface area contributed by atoms with Crippen LogP contribution in [0.25, 0.3) is 0 Å². The van der Waals surface area contributed by atoms with Crippen molar-refractivity contribution in [2.45, 2.75) is 25.5 Å². The van der Waals surface area contributed by atoms with E-state index >= 15 is 0 Å². The Balaban J connectivity index is 1.59. The number of ether oxygens (including phenoxy) is 1. The van der Waals surface area contributed by atoms with E-state index in [4.69, 9.17) is 16.3 Å². The number of benzene rings is 2. The van der Waals surface area contributed by atoms with Crippen LogP contribution < -0.4 is 10.1 Å². The van der Waals surface area contributed by atoms with Gasteiger partial charge in [-0.15, -0.1) is 0 Å². The van der Waals surface area contributed by atoms with E-state index in [0.717, 1.165) is 28.3 Å². The minimum absolute atomic E-state index is 0.0340. The normalized spacial score (nSPS) is 18.1. The van der Waals surface area contributed by atoms with Crippen molar-refractivity contribution in [2.24, 2.45) is 0 Å². The molecule has 4 heteroatoms. The summed E-state index contributed by atoms with van der Waals surface area (Å²) in [5.74, 6) is 0.573. The number of hydrogen-bond acceptors (Lipinski definition) is 2. The molecule has 0 aliphatic carbocycles. The molecule has 0 amide bonds. The molecule has 21 heavy (non-hydrogen) atoms. The highest BCUT2D eigenvalue weighted by molar-refractivity contribution is 6.31. The van der Waals surface area contributed by atoms with Crippen molar-refractivity contribution in [3.63, 3.8) is 0 Å². The Kier molecular flexibility index (Phi) is 4.13. The van der Waals surface area contributed by atoms with Gasteiger partial charge in [-0.1, -0.05) is 29.8 Å². The smallest absolute Gasteiger partial charge is 0.123 e. The minimum atomic E-state index is -0.213. The van der Waals surface area contributed by atoms with Gasteiger partial charge >= 0.3 is 0 Å². The van der Waals surface area contributed by atoms with Crippen LogP contribution >= 0.6 is 11.6 Å². The number of nitrogens with one attached hydrogen (secondary N) is 1. The molecule has 1 aliphatic rings. The SMILES string of the molecule is CC(NCC1Cc2cc(F)ccc2O1)c1ccccc1Cl. The number of hydrogen-bond donors (Lipinski definition) is 1. The predicted molar refractivity (Wildman–Crippen MR) is 82.4 cm³/mol. The Morgan fingerprint density at radius 1 is 1.33 bits per heavy atom. The Hall–Kier alpha value is -1.58. The first-order chi connectivity index (χ1) is 10.1. The van der Waals surface area contributed by atoms with Crippen LogP contribution in [-0.2, 0) is 6.42 Å². The second-order valence-electron chi connectivity index (χ2n) is 5.35. The Morgan fingerprint density at radius 2 is 2.14 bits per heavy atom. The van der Waals surface area contributed by atoms with E-state index in [1.165, 1.54) is 6.07 Å². The van der Waals surface area contributed by atoms with Gasteiger partial charge in [0.15, 0.2) is 0 Å². The first kappa shape index (κ1) is 14.4. The monoisotopic (exact) mass is 305 g/mol. The fourth-order valence-corrected chi connectivity index (χ4v) is 2.95. The van der Waals surface area contributed by atoms with Gasteiger partial charge < -0.3 is 10.1 Å². The van der Waals surface area contributed by atoms with Crippen LogP contribution in [0.1, 0.15) is 24.1 Å². The van der Waals surface area contributed by atoms with Crippen LogP contribution in [0, 0.1) is 5.82 Å². The van der Waals surface area contributed by atoms with Crippen molar-refractivity contribution >= 4 is 11.6 Å². The molecule has 0 aromatic heterocycles. The number of fused-ring (bicyclic) bond motifs is 1. The van der Waals surface area contributed by atoms with Crippen LogP contribution in [0.3, 0.4) is 0 Å². The number of halogens is 2. The summed E-state index contributed by atoms with van der Waals surface area (Å²) in [7, 11) is 0. The maximum atomic E-state index is 13.2. The van der Waals surface area contributed by atoms with Gasteiger partial charge in [0.1, 0.15) is 17.7 Å². The van der Waals surface area contributed by atoms with Gasteiger partial charge in [-0.3, -0.25) is 0 Å². The van der Waals surface area contributed by atoms with E-state index in [0.29, 0.717) is 6.54 Å². The van der Waals surface area contributed by atoms with Crippen molar-refractivity contribution in [1.29, 1.82) is 0 Å². The molecule has 0 saturated carbocycles. The largest absolute Gasteiger partial charge is 0.488 e. The molecule has 3 rings (SSSR count). The summed E-state index contributed by atoms with van der Waals surface area (Å²) in [4.78, 5) is 0. The highest BCUT2D eigenvalue weighted by Gasteiger charge is 2.23. The van der Waals surface area contributed by atoms with Gasteiger partial charge in [0.05, 0.1) is 0 Å². The van der Waals surface area contributed by atoms with E-state index in [1.807, 2.05) is 24.3 Å². The molecular formula is C17H17ClFNO. The maximum absolute atomic E-state index is 13.2.